The molecule has 5 rings (SSSR count). The van der Waals surface area contributed by atoms with Crippen molar-refractivity contribution in [1.82, 2.24) is 4.98 Å². The van der Waals surface area contributed by atoms with Crippen LogP contribution in [0.25, 0.3) is 0 Å². The van der Waals surface area contributed by atoms with Gasteiger partial charge in [0, 0.05) is 24.5 Å². The number of rotatable bonds is 5. The molecule has 4 saturated carbocycles. The van der Waals surface area contributed by atoms with Gasteiger partial charge in [0.25, 0.3) is 0 Å². The number of pyridine rings is 1. The number of aliphatic hydroxyl groups is 3. The molecule has 1 amide bonds. The highest BCUT2D eigenvalue weighted by Crippen LogP contribution is 2.68. The Morgan fingerprint density at radius 3 is 2.57 bits per heavy atom. The maximum absolute atomic E-state index is 12.6. The van der Waals surface area contributed by atoms with Crippen LogP contribution < -0.4 is 5.32 Å². The lowest BCUT2D eigenvalue weighted by Gasteiger charge is -2.63. The summed E-state index contributed by atoms with van der Waals surface area (Å²) in [4.78, 5) is 16.5. The van der Waals surface area contributed by atoms with Gasteiger partial charge >= 0.3 is 0 Å². The van der Waals surface area contributed by atoms with E-state index in [4.69, 9.17) is 0 Å². The quantitative estimate of drug-likeness (QED) is 0.496. The van der Waals surface area contributed by atoms with Crippen molar-refractivity contribution in [2.24, 2.45) is 46.3 Å². The van der Waals surface area contributed by atoms with Crippen LogP contribution in [0.4, 0.5) is 5.69 Å². The summed E-state index contributed by atoms with van der Waals surface area (Å²) in [6.07, 6.45) is 9.90. The first-order chi connectivity index (χ1) is 16.6. The van der Waals surface area contributed by atoms with E-state index in [0.717, 1.165) is 57.1 Å². The molecular weight excluding hydrogens is 440 g/mol. The normalized spacial score (nSPS) is 45.7. The lowest BCUT2D eigenvalue weighted by Crippen LogP contribution is -2.62. The SMILES string of the molecule is CC(CCC(=O)Nc1ccncc1)[C@H]1CCC2C3C(C[C@H](O)[C@@]21C)[C@@]1(C)CC[C@@H](O)CC1C[C@H]3O. The number of amides is 1. The Bertz CT molecular complexity index is 911. The third-order valence-corrected chi connectivity index (χ3v) is 11.3. The minimum Gasteiger partial charge on any atom is -0.393 e. The number of fused-ring (bicyclic) bond motifs is 5. The van der Waals surface area contributed by atoms with Gasteiger partial charge in [-0.3, -0.25) is 9.78 Å². The fraction of sp³-hybridized carbons (Fsp3) is 0.793. The number of carbonyl (C=O) groups excluding carboxylic acids is 1. The Kier molecular flexibility index (Phi) is 6.77. The second kappa shape index (κ2) is 9.42. The van der Waals surface area contributed by atoms with Crippen LogP contribution in [0.3, 0.4) is 0 Å². The molecule has 1 aromatic rings. The van der Waals surface area contributed by atoms with Gasteiger partial charge in [-0.1, -0.05) is 20.8 Å². The van der Waals surface area contributed by atoms with Crippen LogP contribution in [-0.2, 0) is 4.79 Å². The molecule has 4 aliphatic rings. The summed E-state index contributed by atoms with van der Waals surface area (Å²) in [6, 6.07) is 3.60. The van der Waals surface area contributed by atoms with Crippen LogP contribution in [0.15, 0.2) is 24.5 Å². The van der Waals surface area contributed by atoms with Gasteiger partial charge in [-0.2, -0.15) is 0 Å². The topological polar surface area (TPSA) is 103 Å². The molecule has 6 heteroatoms. The number of hydrogen-bond donors (Lipinski definition) is 4. The Morgan fingerprint density at radius 2 is 1.83 bits per heavy atom. The first kappa shape index (κ1) is 25.2. The molecule has 11 atom stereocenters. The molecule has 0 aliphatic heterocycles. The maximum Gasteiger partial charge on any atom is 0.224 e. The van der Waals surface area contributed by atoms with Crippen molar-refractivity contribution in [2.45, 2.75) is 96.9 Å². The number of carbonyl (C=O) groups is 1. The molecule has 6 nitrogen and oxygen atoms in total. The van der Waals surface area contributed by atoms with E-state index in [1.54, 1.807) is 24.5 Å². The number of aromatic nitrogens is 1. The zero-order valence-electron chi connectivity index (χ0n) is 21.6. The van der Waals surface area contributed by atoms with Crippen LogP contribution in [0.2, 0.25) is 0 Å². The molecular formula is C29H44N2O4. The lowest BCUT2D eigenvalue weighted by atomic mass is 9.43. The Balaban J connectivity index is 1.29. The van der Waals surface area contributed by atoms with Crippen LogP contribution in [0.1, 0.15) is 78.6 Å². The van der Waals surface area contributed by atoms with Gasteiger partial charge in [-0.05, 0) is 110 Å². The fourth-order valence-electron chi connectivity index (χ4n) is 9.35. The van der Waals surface area contributed by atoms with Crippen LogP contribution >= 0.6 is 0 Å². The summed E-state index contributed by atoms with van der Waals surface area (Å²) in [7, 11) is 0. The molecule has 0 aromatic carbocycles. The molecule has 4 fully saturated rings. The minimum absolute atomic E-state index is 0.0214. The first-order valence-corrected chi connectivity index (χ1v) is 13.9. The van der Waals surface area contributed by atoms with E-state index in [2.05, 4.69) is 31.1 Å². The van der Waals surface area contributed by atoms with Gasteiger partial charge in [0.15, 0.2) is 0 Å². The van der Waals surface area contributed by atoms with E-state index in [9.17, 15) is 20.1 Å². The molecule has 4 N–H and O–H groups in total. The number of hydrogen-bond acceptors (Lipinski definition) is 5. The summed E-state index contributed by atoms with van der Waals surface area (Å²) < 4.78 is 0. The van der Waals surface area contributed by atoms with Gasteiger partial charge in [0.1, 0.15) is 0 Å². The predicted molar refractivity (Wildman–Crippen MR) is 135 cm³/mol. The third kappa shape index (κ3) is 4.23. The number of anilines is 1. The minimum atomic E-state index is -0.385. The fourth-order valence-corrected chi connectivity index (χ4v) is 9.35. The molecule has 35 heavy (non-hydrogen) atoms. The van der Waals surface area contributed by atoms with Gasteiger partial charge < -0.3 is 20.6 Å². The highest BCUT2D eigenvalue weighted by atomic mass is 16.3. The molecule has 1 aromatic heterocycles. The first-order valence-electron chi connectivity index (χ1n) is 13.9. The van der Waals surface area contributed by atoms with Crippen LogP contribution in [-0.4, -0.2) is 44.5 Å². The van der Waals surface area contributed by atoms with Crippen molar-refractivity contribution < 1.29 is 20.1 Å². The second-order valence-electron chi connectivity index (χ2n) is 12.8. The largest absolute Gasteiger partial charge is 0.393 e. The summed E-state index contributed by atoms with van der Waals surface area (Å²) >= 11 is 0. The maximum atomic E-state index is 12.6. The molecule has 4 aliphatic carbocycles. The molecule has 0 bridgehead atoms. The zero-order valence-corrected chi connectivity index (χ0v) is 21.6. The van der Waals surface area contributed by atoms with E-state index >= 15 is 0 Å². The van der Waals surface area contributed by atoms with Crippen LogP contribution in [0, 0.1) is 46.3 Å². The molecule has 0 radical (unpaired) electrons. The van der Waals surface area contributed by atoms with Crippen molar-refractivity contribution in [1.29, 1.82) is 0 Å². The lowest BCUT2D eigenvalue weighted by molar-refractivity contribution is -0.207. The predicted octanol–water partition coefficient (Wildman–Crippen LogP) is 4.40. The van der Waals surface area contributed by atoms with Crippen LogP contribution in [0.5, 0.6) is 0 Å². The monoisotopic (exact) mass is 484 g/mol. The van der Waals surface area contributed by atoms with Crippen molar-refractivity contribution in [3.63, 3.8) is 0 Å². The summed E-state index contributed by atoms with van der Waals surface area (Å²) in [6.45, 7) is 6.89. The Hall–Kier alpha value is -1.50. The number of nitrogens with one attached hydrogen (secondary N) is 1. The van der Waals surface area contributed by atoms with Gasteiger partial charge in [0.05, 0.1) is 18.3 Å². The third-order valence-electron chi connectivity index (χ3n) is 11.3. The van der Waals surface area contributed by atoms with E-state index in [0.29, 0.717) is 36.0 Å². The number of aliphatic hydroxyl groups excluding tert-OH is 3. The van der Waals surface area contributed by atoms with Gasteiger partial charge in [-0.15, -0.1) is 0 Å². The molecule has 194 valence electrons. The number of nitrogens with zero attached hydrogens (tertiary/aromatic N) is 1. The van der Waals surface area contributed by atoms with Gasteiger partial charge in [-0.25, -0.2) is 0 Å². The molecule has 0 spiro atoms. The molecule has 0 saturated heterocycles. The summed E-state index contributed by atoms with van der Waals surface area (Å²) in [5.41, 5.74) is 0.647. The van der Waals surface area contributed by atoms with Crippen molar-refractivity contribution in [3.8, 4) is 0 Å². The molecule has 5 unspecified atom stereocenters. The Labute approximate surface area is 209 Å². The van der Waals surface area contributed by atoms with E-state index in [-0.39, 0.29) is 41.0 Å². The highest BCUT2D eigenvalue weighted by Gasteiger charge is 2.65. The van der Waals surface area contributed by atoms with E-state index < -0.39 is 0 Å². The van der Waals surface area contributed by atoms with E-state index in [1.807, 2.05) is 0 Å². The standard InChI is InChI=1S/C29H44N2O4/c1-17(4-7-26(35)31-19-9-12-30-13-10-19)21-5-6-22-27-23(16-25(34)29(21,22)3)28(2)11-8-20(32)14-18(28)15-24(27)33/h9-10,12-13,17-18,20-25,27,32-34H,4-8,11,14-16H2,1-3H3,(H,30,31,35)/t17?,18?,20-,21-,22?,23?,24-,25+,27?,28+,29-/m1/s1. The van der Waals surface area contributed by atoms with Crippen molar-refractivity contribution in [3.05, 3.63) is 24.5 Å². The van der Waals surface area contributed by atoms with E-state index in [1.165, 1.54) is 0 Å². The second-order valence-corrected chi connectivity index (χ2v) is 12.8. The average molecular weight is 485 g/mol. The van der Waals surface area contributed by atoms with Gasteiger partial charge in [0.2, 0.25) is 5.91 Å². The Morgan fingerprint density at radius 1 is 1.09 bits per heavy atom. The summed E-state index contributed by atoms with van der Waals surface area (Å²) in [5.74, 6) is 1.90. The smallest absolute Gasteiger partial charge is 0.224 e. The average Bonchev–Trinajstić information content (AvgIpc) is 3.18. The highest BCUT2D eigenvalue weighted by molar-refractivity contribution is 5.90. The molecule has 1 heterocycles. The zero-order chi connectivity index (χ0) is 25.0. The van der Waals surface area contributed by atoms with Crippen molar-refractivity contribution >= 4 is 11.6 Å². The van der Waals surface area contributed by atoms with Crippen molar-refractivity contribution in [2.75, 3.05) is 5.32 Å². The summed E-state index contributed by atoms with van der Waals surface area (Å²) in [5, 5.41) is 36.4.